The minimum Gasteiger partial charge on any atom is -0.339 e. The lowest BCUT2D eigenvalue weighted by Crippen LogP contribution is -2.35. The van der Waals surface area contributed by atoms with Crippen LogP contribution in [0, 0.1) is 5.92 Å². The van der Waals surface area contributed by atoms with Crippen molar-refractivity contribution in [3.8, 4) is 0 Å². The van der Waals surface area contributed by atoms with E-state index < -0.39 is 9.84 Å². The van der Waals surface area contributed by atoms with Crippen LogP contribution in [0.5, 0.6) is 0 Å². The molecule has 1 aromatic rings. The molecule has 0 bridgehead atoms. The summed E-state index contributed by atoms with van der Waals surface area (Å²) in [4.78, 5) is 4.55. The predicted octanol–water partition coefficient (Wildman–Crippen LogP) is 0.859. The van der Waals surface area contributed by atoms with Gasteiger partial charge in [-0.1, -0.05) is 19.0 Å². The topological polar surface area (TPSA) is 85.1 Å². The first-order valence-electron chi connectivity index (χ1n) is 7.18. The summed E-state index contributed by atoms with van der Waals surface area (Å²) in [5.74, 6) is 1.91. The molecule has 1 aromatic heterocycles. The van der Waals surface area contributed by atoms with Crippen molar-refractivity contribution in [2.75, 3.05) is 24.6 Å². The molecular weight excluding hydrogens is 278 g/mol. The van der Waals surface area contributed by atoms with Gasteiger partial charge < -0.3 is 9.84 Å². The van der Waals surface area contributed by atoms with E-state index in [1.165, 1.54) is 0 Å². The second-order valence-corrected chi connectivity index (χ2v) is 8.52. The molecule has 6 nitrogen and oxygen atoms in total. The van der Waals surface area contributed by atoms with Gasteiger partial charge in [-0.25, -0.2) is 8.42 Å². The Hall–Kier alpha value is -0.950. The molecule has 0 saturated carbocycles. The van der Waals surface area contributed by atoms with Crippen molar-refractivity contribution in [1.29, 1.82) is 0 Å². The van der Waals surface area contributed by atoms with Gasteiger partial charge in [0.05, 0.1) is 16.9 Å². The fourth-order valence-electron chi connectivity index (χ4n) is 3.24. The molecule has 2 saturated heterocycles. The van der Waals surface area contributed by atoms with Crippen LogP contribution < -0.4 is 5.32 Å². The second kappa shape index (κ2) is 4.80. The third kappa shape index (κ3) is 2.26. The molecule has 2 aliphatic rings. The Balaban J connectivity index is 1.87. The molecule has 3 heterocycles. The van der Waals surface area contributed by atoms with Crippen LogP contribution in [0.25, 0.3) is 0 Å². The molecule has 3 rings (SSSR count). The highest BCUT2D eigenvalue weighted by atomic mass is 32.2. The Morgan fingerprint density at radius 2 is 2.25 bits per heavy atom. The van der Waals surface area contributed by atoms with Gasteiger partial charge in [-0.05, 0) is 25.3 Å². The Kier molecular flexibility index (Phi) is 3.36. The van der Waals surface area contributed by atoms with E-state index in [0.29, 0.717) is 24.1 Å². The molecule has 7 heteroatoms. The number of hydrogen-bond donors (Lipinski definition) is 1. The van der Waals surface area contributed by atoms with Gasteiger partial charge in [-0.15, -0.1) is 0 Å². The minimum absolute atomic E-state index is 0.101. The van der Waals surface area contributed by atoms with E-state index >= 15 is 0 Å². The predicted molar refractivity (Wildman–Crippen MR) is 74.3 cm³/mol. The maximum absolute atomic E-state index is 11.6. The van der Waals surface area contributed by atoms with E-state index in [9.17, 15) is 8.42 Å². The van der Waals surface area contributed by atoms with E-state index in [-0.39, 0.29) is 22.8 Å². The van der Waals surface area contributed by atoms with E-state index in [0.717, 1.165) is 19.5 Å². The lowest BCUT2D eigenvalue weighted by atomic mass is 9.76. The summed E-state index contributed by atoms with van der Waals surface area (Å²) in [6.07, 6.45) is 1.59. The molecule has 0 spiro atoms. The Labute approximate surface area is 119 Å². The summed E-state index contributed by atoms with van der Waals surface area (Å²) in [6.45, 7) is 6.12. The Morgan fingerprint density at radius 3 is 2.80 bits per heavy atom. The number of aromatic nitrogens is 2. The Bertz CT molecular complexity index is 588. The Morgan fingerprint density at radius 1 is 1.45 bits per heavy atom. The van der Waals surface area contributed by atoms with Crippen molar-refractivity contribution in [3.05, 3.63) is 11.7 Å². The largest absolute Gasteiger partial charge is 0.339 e. The number of sulfone groups is 1. The first kappa shape index (κ1) is 14.0. The van der Waals surface area contributed by atoms with Crippen LogP contribution in [0.2, 0.25) is 0 Å². The molecule has 112 valence electrons. The van der Waals surface area contributed by atoms with Crippen molar-refractivity contribution in [3.63, 3.8) is 0 Å². The van der Waals surface area contributed by atoms with Gasteiger partial charge in [-0.3, -0.25) is 0 Å². The number of rotatable bonds is 3. The smallest absolute Gasteiger partial charge is 0.234 e. The standard InChI is InChI=1S/C13H21N3O3S/c1-9(2)13(4-5-14-8-13)12-15-11(16-19-12)10-3-6-20(17,18)7-10/h9-10,14H,3-8H2,1-2H3. The molecule has 2 aliphatic heterocycles. The van der Waals surface area contributed by atoms with Crippen LogP contribution in [0.4, 0.5) is 0 Å². The molecule has 0 aromatic carbocycles. The zero-order valence-corrected chi connectivity index (χ0v) is 12.7. The molecule has 2 unspecified atom stereocenters. The van der Waals surface area contributed by atoms with Gasteiger partial charge in [0.25, 0.3) is 0 Å². The molecule has 1 N–H and O–H groups in total. The number of nitrogens with zero attached hydrogens (tertiary/aromatic N) is 2. The first-order chi connectivity index (χ1) is 9.43. The van der Waals surface area contributed by atoms with Gasteiger partial charge in [0, 0.05) is 12.5 Å². The van der Waals surface area contributed by atoms with Crippen LogP contribution in [0.15, 0.2) is 4.52 Å². The van der Waals surface area contributed by atoms with Crippen molar-refractivity contribution >= 4 is 9.84 Å². The molecule has 0 amide bonds. The van der Waals surface area contributed by atoms with E-state index in [4.69, 9.17) is 4.52 Å². The molecule has 0 radical (unpaired) electrons. The van der Waals surface area contributed by atoms with Gasteiger partial charge >= 0.3 is 0 Å². The monoisotopic (exact) mass is 299 g/mol. The zero-order valence-electron chi connectivity index (χ0n) is 11.9. The fourth-order valence-corrected chi connectivity index (χ4v) is 4.97. The number of nitrogens with one attached hydrogen (secondary N) is 1. The van der Waals surface area contributed by atoms with E-state index in [1.54, 1.807) is 0 Å². The second-order valence-electron chi connectivity index (χ2n) is 6.30. The van der Waals surface area contributed by atoms with Crippen molar-refractivity contribution in [2.24, 2.45) is 5.92 Å². The molecule has 20 heavy (non-hydrogen) atoms. The van der Waals surface area contributed by atoms with E-state index in [2.05, 4.69) is 29.3 Å². The van der Waals surface area contributed by atoms with Gasteiger partial charge in [0.15, 0.2) is 15.7 Å². The summed E-state index contributed by atoms with van der Waals surface area (Å²) in [6, 6.07) is 0. The summed E-state index contributed by atoms with van der Waals surface area (Å²) in [7, 11) is -2.92. The highest BCUT2D eigenvalue weighted by Crippen LogP contribution is 2.38. The summed E-state index contributed by atoms with van der Waals surface area (Å²) >= 11 is 0. The molecule has 0 aliphatic carbocycles. The highest BCUT2D eigenvalue weighted by Gasteiger charge is 2.44. The van der Waals surface area contributed by atoms with Crippen LogP contribution in [-0.2, 0) is 15.3 Å². The van der Waals surface area contributed by atoms with Crippen LogP contribution in [-0.4, -0.2) is 43.2 Å². The average Bonchev–Trinajstić information content (AvgIpc) is 3.05. The quantitative estimate of drug-likeness (QED) is 0.891. The molecule has 2 atom stereocenters. The fraction of sp³-hybridized carbons (Fsp3) is 0.846. The first-order valence-corrected chi connectivity index (χ1v) is 9.00. The third-order valence-electron chi connectivity index (χ3n) is 4.76. The van der Waals surface area contributed by atoms with Crippen LogP contribution >= 0.6 is 0 Å². The lowest BCUT2D eigenvalue weighted by Gasteiger charge is -2.28. The van der Waals surface area contributed by atoms with Crippen LogP contribution in [0.1, 0.15) is 44.3 Å². The minimum atomic E-state index is -2.92. The highest BCUT2D eigenvalue weighted by molar-refractivity contribution is 7.91. The maximum Gasteiger partial charge on any atom is 0.234 e. The summed E-state index contributed by atoms with van der Waals surface area (Å²) in [5, 5.41) is 7.42. The summed E-state index contributed by atoms with van der Waals surface area (Å²) < 4.78 is 28.6. The average molecular weight is 299 g/mol. The number of hydrogen-bond acceptors (Lipinski definition) is 6. The summed E-state index contributed by atoms with van der Waals surface area (Å²) in [5.41, 5.74) is -0.108. The normalized spacial score (nSPS) is 33.0. The van der Waals surface area contributed by atoms with Gasteiger partial charge in [-0.2, -0.15) is 4.98 Å². The lowest BCUT2D eigenvalue weighted by molar-refractivity contribution is 0.233. The SMILES string of the molecule is CC(C)C1(c2nc(C3CCS(=O)(=O)C3)no2)CCNC1. The molecular formula is C13H21N3O3S. The van der Waals surface area contributed by atoms with Crippen molar-refractivity contribution in [1.82, 2.24) is 15.5 Å². The van der Waals surface area contributed by atoms with Crippen molar-refractivity contribution in [2.45, 2.75) is 38.0 Å². The van der Waals surface area contributed by atoms with E-state index in [1.807, 2.05) is 0 Å². The van der Waals surface area contributed by atoms with Crippen LogP contribution in [0.3, 0.4) is 0 Å². The maximum atomic E-state index is 11.6. The third-order valence-corrected chi connectivity index (χ3v) is 6.53. The van der Waals surface area contributed by atoms with Gasteiger partial charge in [0.1, 0.15) is 0 Å². The molecule has 2 fully saturated rings. The van der Waals surface area contributed by atoms with Crippen molar-refractivity contribution < 1.29 is 12.9 Å². The zero-order chi connectivity index (χ0) is 14.4. The van der Waals surface area contributed by atoms with Gasteiger partial charge in [0.2, 0.25) is 5.89 Å².